The zero-order valence-electron chi connectivity index (χ0n) is 11.7. The molecule has 0 bridgehead atoms. The fourth-order valence-corrected chi connectivity index (χ4v) is 1.70. The molecule has 1 aromatic carbocycles. The van der Waals surface area contributed by atoms with Crippen molar-refractivity contribution in [1.29, 1.82) is 0 Å². The summed E-state index contributed by atoms with van der Waals surface area (Å²) in [6, 6.07) is 7.78. The zero-order valence-corrected chi connectivity index (χ0v) is 11.7. The van der Waals surface area contributed by atoms with E-state index in [0.29, 0.717) is 12.0 Å². The number of carbonyl (C=O) groups excluding carboxylic acids is 3. The number of nitrogens with one attached hydrogen (secondary N) is 1. The number of amides is 1. The summed E-state index contributed by atoms with van der Waals surface area (Å²) in [5.74, 6) is -0.851. The number of ether oxygens (including phenoxy) is 1. The molecule has 20 heavy (non-hydrogen) atoms. The van der Waals surface area contributed by atoms with Gasteiger partial charge in [-0.25, -0.2) is 4.79 Å². The van der Waals surface area contributed by atoms with E-state index < -0.39 is 12.0 Å². The smallest absolute Gasteiger partial charge is 0.328 e. The van der Waals surface area contributed by atoms with Gasteiger partial charge in [-0.2, -0.15) is 0 Å². The first kappa shape index (κ1) is 15.9. The Labute approximate surface area is 118 Å². The molecule has 1 rings (SSSR count). The molecule has 0 heterocycles. The Morgan fingerprint density at radius 1 is 1.20 bits per heavy atom. The number of methoxy groups -OCH3 is 1. The second kappa shape index (κ2) is 8.09. The van der Waals surface area contributed by atoms with Gasteiger partial charge in [0.05, 0.1) is 7.11 Å². The van der Waals surface area contributed by atoms with Crippen LogP contribution in [0.3, 0.4) is 0 Å². The van der Waals surface area contributed by atoms with Gasteiger partial charge in [0.2, 0.25) is 0 Å². The maximum Gasteiger partial charge on any atom is 0.328 e. The van der Waals surface area contributed by atoms with E-state index in [0.717, 1.165) is 0 Å². The number of benzene rings is 1. The summed E-state index contributed by atoms with van der Waals surface area (Å²) in [7, 11) is 1.26. The molecule has 0 saturated heterocycles. The van der Waals surface area contributed by atoms with Gasteiger partial charge < -0.3 is 10.1 Å². The third-order valence-electron chi connectivity index (χ3n) is 2.93. The highest BCUT2D eigenvalue weighted by Crippen LogP contribution is 2.05. The fourth-order valence-electron chi connectivity index (χ4n) is 1.70. The fraction of sp³-hybridized carbons (Fsp3) is 0.400. The zero-order chi connectivity index (χ0) is 15.0. The molecular weight excluding hydrogens is 258 g/mol. The van der Waals surface area contributed by atoms with E-state index in [1.165, 1.54) is 7.11 Å². The van der Waals surface area contributed by atoms with E-state index in [4.69, 9.17) is 0 Å². The third kappa shape index (κ3) is 4.84. The van der Waals surface area contributed by atoms with Crippen LogP contribution in [0, 0.1) is 0 Å². The Morgan fingerprint density at radius 3 is 2.40 bits per heavy atom. The summed E-state index contributed by atoms with van der Waals surface area (Å²) < 4.78 is 4.65. The van der Waals surface area contributed by atoms with Crippen LogP contribution in [-0.4, -0.2) is 30.8 Å². The van der Waals surface area contributed by atoms with E-state index in [1.807, 2.05) is 0 Å². The highest BCUT2D eigenvalue weighted by atomic mass is 16.5. The topological polar surface area (TPSA) is 72.5 Å². The molecule has 0 radical (unpaired) electrons. The van der Waals surface area contributed by atoms with Crippen molar-refractivity contribution < 1.29 is 19.1 Å². The molecule has 0 aliphatic heterocycles. The minimum Gasteiger partial charge on any atom is -0.467 e. The number of ketones is 1. The lowest BCUT2D eigenvalue weighted by atomic mass is 10.1. The van der Waals surface area contributed by atoms with Crippen LogP contribution in [-0.2, 0) is 14.3 Å². The lowest BCUT2D eigenvalue weighted by Crippen LogP contribution is -2.41. The van der Waals surface area contributed by atoms with Gasteiger partial charge in [0, 0.05) is 18.4 Å². The normalized spacial score (nSPS) is 11.5. The van der Waals surface area contributed by atoms with Crippen molar-refractivity contribution in [2.24, 2.45) is 0 Å². The quantitative estimate of drug-likeness (QED) is 0.770. The number of Topliss-reactive ketones (excluding diaryl/α,β-unsaturated/α-hetero) is 1. The van der Waals surface area contributed by atoms with Gasteiger partial charge in [-0.1, -0.05) is 25.1 Å². The predicted molar refractivity (Wildman–Crippen MR) is 74.2 cm³/mol. The molecule has 0 aromatic heterocycles. The largest absolute Gasteiger partial charge is 0.467 e. The van der Waals surface area contributed by atoms with Crippen LogP contribution >= 0.6 is 0 Å². The Bertz CT molecular complexity index is 470. The predicted octanol–water partition coefficient (Wildman–Crippen LogP) is 1.72. The molecule has 0 unspecified atom stereocenters. The molecule has 1 N–H and O–H groups in total. The van der Waals surface area contributed by atoms with Gasteiger partial charge >= 0.3 is 5.97 Å². The van der Waals surface area contributed by atoms with Crippen LogP contribution in [0.1, 0.15) is 36.5 Å². The Kier molecular flexibility index (Phi) is 6.43. The van der Waals surface area contributed by atoms with Crippen molar-refractivity contribution in [2.45, 2.75) is 32.2 Å². The van der Waals surface area contributed by atoms with Crippen molar-refractivity contribution in [3.63, 3.8) is 0 Å². The maximum atomic E-state index is 12.0. The first-order valence-electron chi connectivity index (χ1n) is 6.54. The number of hydrogen-bond donors (Lipinski definition) is 1. The van der Waals surface area contributed by atoms with E-state index in [2.05, 4.69) is 10.1 Å². The summed E-state index contributed by atoms with van der Waals surface area (Å²) >= 11 is 0. The highest BCUT2D eigenvalue weighted by molar-refractivity contribution is 5.96. The molecule has 1 amide bonds. The number of esters is 1. The first-order chi connectivity index (χ1) is 9.58. The Balaban J connectivity index is 2.67. The van der Waals surface area contributed by atoms with Crippen molar-refractivity contribution in [3.05, 3.63) is 35.9 Å². The average Bonchev–Trinajstić information content (AvgIpc) is 2.50. The molecule has 5 nitrogen and oxygen atoms in total. The van der Waals surface area contributed by atoms with Gasteiger partial charge in [0.25, 0.3) is 5.91 Å². The van der Waals surface area contributed by atoms with Crippen LogP contribution in [0.2, 0.25) is 0 Å². The van der Waals surface area contributed by atoms with Crippen LogP contribution in [0.15, 0.2) is 30.3 Å². The van der Waals surface area contributed by atoms with Gasteiger partial charge in [0.15, 0.2) is 0 Å². The number of carbonyl (C=O) groups is 3. The molecule has 0 spiro atoms. The monoisotopic (exact) mass is 277 g/mol. The third-order valence-corrected chi connectivity index (χ3v) is 2.93. The Morgan fingerprint density at radius 2 is 1.85 bits per heavy atom. The van der Waals surface area contributed by atoms with Crippen LogP contribution in [0.25, 0.3) is 0 Å². The summed E-state index contributed by atoms with van der Waals surface area (Å²) in [4.78, 5) is 34.9. The SMILES string of the molecule is CCC(=O)CC[C@H](NC(=O)c1ccccc1)C(=O)OC. The standard InChI is InChI=1S/C15H19NO4/c1-3-12(17)9-10-13(15(19)20-2)16-14(18)11-7-5-4-6-8-11/h4-8,13H,3,9-10H2,1-2H3,(H,16,18)/t13-/m0/s1. The van der Waals surface area contributed by atoms with Crippen LogP contribution < -0.4 is 5.32 Å². The van der Waals surface area contributed by atoms with Crippen molar-refractivity contribution >= 4 is 17.7 Å². The van der Waals surface area contributed by atoms with Crippen molar-refractivity contribution in [2.75, 3.05) is 7.11 Å². The molecule has 0 fully saturated rings. The molecular formula is C15H19NO4. The van der Waals surface area contributed by atoms with Gasteiger partial charge in [-0.3, -0.25) is 9.59 Å². The molecule has 1 atom stereocenters. The minimum absolute atomic E-state index is 0.0489. The summed E-state index contributed by atoms with van der Waals surface area (Å²) in [6.45, 7) is 1.76. The van der Waals surface area contributed by atoms with E-state index >= 15 is 0 Å². The van der Waals surface area contributed by atoms with Crippen LogP contribution in [0.5, 0.6) is 0 Å². The van der Waals surface area contributed by atoms with E-state index in [1.54, 1.807) is 37.3 Å². The average molecular weight is 277 g/mol. The lowest BCUT2D eigenvalue weighted by molar-refractivity contribution is -0.143. The van der Waals surface area contributed by atoms with Gasteiger partial charge in [-0.15, -0.1) is 0 Å². The van der Waals surface area contributed by atoms with Gasteiger partial charge in [-0.05, 0) is 18.6 Å². The maximum absolute atomic E-state index is 12.0. The lowest BCUT2D eigenvalue weighted by Gasteiger charge is -2.16. The van der Waals surface area contributed by atoms with Crippen molar-refractivity contribution in [1.82, 2.24) is 5.32 Å². The van der Waals surface area contributed by atoms with E-state index in [-0.39, 0.29) is 24.5 Å². The highest BCUT2D eigenvalue weighted by Gasteiger charge is 2.22. The molecule has 5 heteroatoms. The second-order valence-electron chi connectivity index (χ2n) is 4.35. The summed E-state index contributed by atoms with van der Waals surface area (Å²) in [5.41, 5.74) is 0.461. The second-order valence-corrected chi connectivity index (χ2v) is 4.35. The van der Waals surface area contributed by atoms with Crippen LogP contribution in [0.4, 0.5) is 0 Å². The van der Waals surface area contributed by atoms with E-state index in [9.17, 15) is 14.4 Å². The summed E-state index contributed by atoms with van der Waals surface area (Å²) in [5, 5.41) is 2.60. The molecule has 108 valence electrons. The molecule has 0 aliphatic rings. The number of hydrogen-bond acceptors (Lipinski definition) is 4. The molecule has 1 aromatic rings. The Hall–Kier alpha value is -2.17. The van der Waals surface area contributed by atoms with Crippen molar-refractivity contribution in [3.8, 4) is 0 Å². The molecule has 0 saturated carbocycles. The first-order valence-corrected chi connectivity index (χ1v) is 6.54. The number of rotatable bonds is 7. The minimum atomic E-state index is -0.803. The summed E-state index contributed by atoms with van der Waals surface area (Å²) in [6.07, 6.45) is 0.907. The van der Waals surface area contributed by atoms with Gasteiger partial charge in [0.1, 0.15) is 11.8 Å². The molecule has 0 aliphatic carbocycles.